The van der Waals surface area contributed by atoms with Gasteiger partial charge in [-0.05, 0) is 56.3 Å². The first-order chi connectivity index (χ1) is 10.7. The molecule has 0 aliphatic carbocycles. The molecule has 0 radical (unpaired) electrons. The van der Waals surface area contributed by atoms with Crippen molar-refractivity contribution in [3.63, 3.8) is 0 Å². The molecule has 22 heavy (non-hydrogen) atoms. The van der Waals surface area contributed by atoms with Crippen molar-refractivity contribution in [1.29, 1.82) is 0 Å². The van der Waals surface area contributed by atoms with E-state index in [1.54, 1.807) is 6.26 Å². The molecule has 2 heterocycles. The number of rotatable bonds is 6. The highest BCUT2D eigenvalue weighted by atomic mass is 19.1. The Bertz CT molecular complexity index is 595. The molecule has 1 aromatic heterocycles. The van der Waals surface area contributed by atoms with Gasteiger partial charge in [0.15, 0.2) is 0 Å². The van der Waals surface area contributed by atoms with Crippen LogP contribution >= 0.6 is 0 Å². The number of halogens is 2. The van der Waals surface area contributed by atoms with Crippen LogP contribution in [0.4, 0.5) is 8.78 Å². The van der Waals surface area contributed by atoms with Gasteiger partial charge < -0.3 is 9.73 Å². The molecule has 3 nitrogen and oxygen atoms in total. The second-order valence-corrected chi connectivity index (χ2v) is 5.64. The molecule has 0 amide bonds. The first-order valence-corrected chi connectivity index (χ1v) is 7.66. The van der Waals surface area contributed by atoms with Crippen molar-refractivity contribution < 1.29 is 13.2 Å². The summed E-state index contributed by atoms with van der Waals surface area (Å²) in [7, 11) is 0. The fourth-order valence-corrected chi connectivity index (χ4v) is 2.97. The molecule has 2 aromatic rings. The molecular formula is C17H20F2N2O. The Kier molecular flexibility index (Phi) is 4.85. The van der Waals surface area contributed by atoms with E-state index in [1.807, 2.05) is 12.1 Å². The zero-order valence-electron chi connectivity index (χ0n) is 12.4. The molecule has 0 bridgehead atoms. The number of likely N-dealkylation sites (tertiary alicyclic amines) is 1. The maximum Gasteiger partial charge on any atom is 0.127 e. The fraction of sp³-hybridized carbons (Fsp3) is 0.412. The highest BCUT2D eigenvalue weighted by Crippen LogP contribution is 2.25. The van der Waals surface area contributed by atoms with E-state index in [2.05, 4.69) is 10.2 Å². The average Bonchev–Trinajstić information content (AvgIpc) is 3.20. The minimum atomic E-state index is -0.416. The van der Waals surface area contributed by atoms with Gasteiger partial charge >= 0.3 is 0 Å². The Morgan fingerprint density at radius 3 is 2.73 bits per heavy atom. The summed E-state index contributed by atoms with van der Waals surface area (Å²) in [4.78, 5) is 2.37. The third kappa shape index (κ3) is 3.54. The normalized spacial score (nSPS) is 17.0. The summed E-state index contributed by atoms with van der Waals surface area (Å²) in [5.41, 5.74) is 0.347. The summed E-state index contributed by atoms with van der Waals surface area (Å²) < 4.78 is 32.4. The van der Waals surface area contributed by atoms with Crippen molar-refractivity contribution in [2.24, 2.45) is 0 Å². The standard InChI is InChI=1S/C17H20F2N2O/c18-14-5-6-15(19)13(10-14)11-20-12-16(17-4-3-9-22-17)21-7-1-2-8-21/h3-6,9-10,16,20H,1-2,7-8,11-12H2. The van der Waals surface area contributed by atoms with Crippen LogP contribution in [0.2, 0.25) is 0 Å². The SMILES string of the molecule is Fc1ccc(F)c(CNCC(c2ccco2)N2CCCC2)c1. The third-order valence-corrected chi connectivity index (χ3v) is 4.11. The van der Waals surface area contributed by atoms with Crippen molar-refractivity contribution >= 4 is 0 Å². The Morgan fingerprint density at radius 2 is 2.00 bits per heavy atom. The molecule has 1 unspecified atom stereocenters. The molecule has 1 N–H and O–H groups in total. The van der Waals surface area contributed by atoms with Crippen molar-refractivity contribution in [3.8, 4) is 0 Å². The number of hydrogen-bond acceptors (Lipinski definition) is 3. The van der Waals surface area contributed by atoms with Crippen molar-refractivity contribution in [1.82, 2.24) is 10.2 Å². The van der Waals surface area contributed by atoms with Gasteiger partial charge in [-0.1, -0.05) is 0 Å². The number of nitrogens with zero attached hydrogens (tertiary/aromatic N) is 1. The zero-order chi connectivity index (χ0) is 15.4. The Hall–Kier alpha value is -1.72. The molecule has 1 aliphatic rings. The van der Waals surface area contributed by atoms with Gasteiger partial charge in [0.1, 0.15) is 17.4 Å². The first-order valence-electron chi connectivity index (χ1n) is 7.66. The van der Waals surface area contributed by atoms with Gasteiger partial charge in [-0.25, -0.2) is 8.78 Å². The molecule has 1 aromatic carbocycles. The van der Waals surface area contributed by atoms with Crippen LogP contribution in [-0.4, -0.2) is 24.5 Å². The highest BCUT2D eigenvalue weighted by molar-refractivity contribution is 5.18. The lowest BCUT2D eigenvalue weighted by atomic mass is 10.1. The van der Waals surface area contributed by atoms with E-state index >= 15 is 0 Å². The fourth-order valence-electron chi connectivity index (χ4n) is 2.97. The van der Waals surface area contributed by atoms with E-state index in [-0.39, 0.29) is 11.9 Å². The van der Waals surface area contributed by atoms with Gasteiger partial charge in [-0.3, -0.25) is 4.90 Å². The molecule has 5 heteroatoms. The average molecular weight is 306 g/mol. The van der Waals surface area contributed by atoms with Crippen LogP contribution in [0.3, 0.4) is 0 Å². The predicted octanol–water partition coefficient (Wildman–Crippen LogP) is 3.48. The summed E-state index contributed by atoms with van der Waals surface area (Å²) in [6.07, 6.45) is 4.05. The van der Waals surface area contributed by atoms with Crippen LogP contribution in [0.5, 0.6) is 0 Å². The molecular weight excluding hydrogens is 286 g/mol. The number of furan rings is 1. The third-order valence-electron chi connectivity index (χ3n) is 4.11. The summed E-state index contributed by atoms with van der Waals surface area (Å²) in [6.45, 7) is 3.03. The van der Waals surface area contributed by atoms with E-state index in [1.165, 1.54) is 18.9 Å². The lowest BCUT2D eigenvalue weighted by Gasteiger charge is -2.26. The van der Waals surface area contributed by atoms with E-state index in [4.69, 9.17) is 4.42 Å². The monoisotopic (exact) mass is 306 g/mol. The van der Waals surface area contributed by atoms with Gasteiger partial charge in [0, 0.05) is 18.7 Å². The largest absolute Gasteiger partial charge is 0.468 e. The molecule has 1 saturated heterocycles. The molecule has 118 valence electrons. The Morgan fingerprint density at radius 1 is 1.18 bits per heavy atom. The quantitative estimate of drug-likeness (QED) is 0.885. The van der Waals surface area contributed by atoms with Crippen molar-refractivity contribution in [2.75, 3.05) is 19.6 Å². The first kappa shape index (κ1) is 15.2. The van der Waals surface area contributed by atoms with Crippen LogP contribution in [0.25, 0.3) is 0 Å². The van der Waals surface area contributed by atoms with E-state index in [9.17, 15) is 8.78 Å². The van der Waals surface area contributed by atoms with Crippen LogP contribution in [0.15, 0.2) is 41.0 Å². The molecule has 0 saturated carbocycles. The summed E-state index contributed by atoms with van der Waals surface area (Å²) >= 11 is 0. The van der Waals surface area contributed by atoms with Gasteiger partial charge in [-0.15, -0.1) is 0 Å². The summed E-state index contributed by atoms with van der Waals surface area (Å²) in [5.74, 6) is 0.110. The molecule has 0 spiro atoms. The highest BCUT2D eigenvalue weighted by Gasteiger charge is 2.25. The molecule has 1 atom stereocenters. The van der Waals surface area contributed by atoms with Crippen LogP contribution in [0.1, 0.15) is 30.2 Å². The predicted molar refractivity (Wildman–Crippen MR) is 80.3 cm³/mol. The van der Waals surface area contributed by atoms with E-state index in [0.29, 0.717) is 18.7 Å². The van der Waals surface area contributed by atoms with Gasteiger partial charge in [0.25, 0.3) is 0 Å². The molecule has 1 aliphatic heterocycles. The minimum Gasteiger partial charge on any atom is -0.468 e. The van der Waals surface area contributed by atoms with Crippen LogP contribution in [0, 0.1) is 11.6 Å². The Labute approximate surface area is 128 Å². The summed E-state index contributed by atoms with van der Waals surface area (Å²) in [6, 6.07) is 7.51. The zero-order valence-corrected chi connectivity index (χ0v) is 12.4. The minimum absolute atomic E-state index is 0.133. The maximum absolute atomic E-state index is 13.6. The second kappa shape index (κ2) is 7.03. The lowest BCUT2D eigenvalue weighted by Crippen LogP contribution is -2.33. The van der Waals surface area contributed by atoms with E-state index < -0.39 is 5.82 Å². The van der Waals surface area contributed by atoms with Gasteiger partial charge in [0.2, 0.25) is 0 Å². The maximum atomic E-state index is 13.6. The van der Waals surface area contributed by atoms with Gasteiger partial charge in [0.05, 0.1) is 12.3 Å². The topological polar surface area (TPSA) is 28.4 Å². The Balaban J connectivity index is 1.63. The number of hydrogen-bond donors (Lipinski definition) is 1. The van der Waals surface area contributed by atoms with Crippen molar-refractivity contribution in [2.45, 2.75) is 25.4 Å². The second-order valence-electron chi connectivity index (χ2n) is 5.64. The van der Waals surface area contributed by atoms with Crippen LogP contribution in [-0.2, 0) is 6.54 Å². The number of benzene rings is 1. The lowest BCUT2D eigenvalue weighted by molar-refractivity contribution is 0.209. The number of nitrogens with one attached hydrogen (secondary N) is 1. The molecule has 1 fully saturated rings. The smallest absolute Gasteiger partial charge is 0.127 e. The van der Waals surface area contributed by atoms with Crippen molar-refractivity contribution in [3.05, 3.63) is 59.6 Å². The van der Waals surface area contributed by atoms with Crippen LogP contribution < -0.4 is 5.32 Å². The summed E-state index contributed by atoms with van der Waals surface area (Å²) in [5, 5.41) is 3.23. The van der Waals surface area contributed by atoms with E-state index in [0.717, 1.165) is 31.0 Å². The van der Waals surface area contributed by atoms with Gasteiger partial charge in [-0.2, -0.15) is 0 Å². The molecule has 3 rings (SSSR count).